The molecular weight excluding hydrogens is 390 g/mol. The molecule has 0 spiro atoms. The monoisotopic (exact) mass is 421 g/mol. The highest BCUT2D eigenvalue weighted by molar-refractivity contribution is 6.74. The summed E-state index contributed by atoms with van der Waals surface area (Å²) in [5.41, 5.74) is 0.795. The molecule has 0 N–H and O–H groups in total. The number of carbonyl (C=O) groups is 3. The van der Waals surface area contributed by atoms with Gasteiger partial charge in [0, 0.05) is 6.92 Å². The van der Waals surface area contributed by atoms with Gasteiger partial charge >= 0.3 is 12.1 Å². The zero-order valence-electron chi connectivity index (χ0n) is 18.2. The van der Waals surface area contributed by atoms with E-state index in [1.165, 1.54) is 6.92 Å². The molecule has 1 aromatic rings. The Hall–Kier alpha value is -2.19. The number of hydrogen-bond donors (Lipinski definition) is 0. The van der Waals surface area contributed by atoms with Gasteiger partial charge in [0.05, 0.1) is 6.10 Å². The molecule has 1 aliphatic rings. The minimum absolute atomic E-state index is 0.0247. The van der Waals surface area contributed by atoms with Crippen LogP contribution in [0.4, 0.5) is 4.79 Å². The van der Waals surface area contributed by atoms with Crippen LogP contribution < -0.4 is 0 Å². The Kier molecular flexibility index (Phi) is 6.90. The second-order valence-corrected chi connectivity index (χ2v) is 13.6. The molecule has 0 saturated carbocycles. The van der Waals surface area contributed by atoms with Crippen molar-refractivity contribution in [2.24, 2.45) is 5.92 Å². The molecule has 1 saturated heterocycles. The summed E-state index contributed by atoms with van der Waals surface area (Å²) in [6, 6.07) is 9.14. The molecule has 2 amide bonds. The van der Waals surface area contributed by atoms with Gasteiger partial charge in [0.15, 0.2) is 8.32 Å². The highest BCUT2D eigenvalue weighted by Gasteiger charge is 2.57. The molecule has 160 valence electrons. The maximum atomic E-state index is 12.8. The van der Waals surface area contributed by atoms with E-state index in [1.54, 1.807) is 6.92 Å². The van der Waals surface area contributed by atoms with Gasteiger partial charge in [-0.05, 0) is 30.6 Å². The molecule has 1 aromatic carbocycles. The van der Waals surface area contributed by atoms with Crippen LogP contribution in [0.15, 0.2) is 30.3 Å². The van der Waals surface area contributed by atoms with Gasteiger partial charge in [0.2, 0.25) is 12.1 Å². The smallest absolute Gasteiger partial charge is 0.419 e. The summed E-state index contributed by atoms with van der Waals surface area (Å²) in [5, 5.41) is -0.0424. The Labute approximate surface area is 173 Å². The van der Waals surface area contributed by atoms with E-state index in [1.807, 2.05) is 30.3 Å². The summed E-state index contributed by atoms with van der Waals surface area (Å²) in [4.78, 5) is 37.7. The van der Waals surface area contributed by atoms with Crippen LogP contribution in [0, 0.1) is 5.92 Å². The van der Waals surface area contributed by atoms with Crippen LogP contribution >= 0.6 is 0 Å². The topological polar surface area (TPSA) is 82.1 Å². The lowest BCUT2D eigenvalue weighted by Crippen LogP contribution is -2.68. The number of amides is 2. The Bertz CT molecular complexity index is 758. The standard InChI is InChI=1S/C21H31NO6Si/c1-14(28-29(6,7)21(3,4)5)17-18(24)22(19(17)27-15(2)23)20(25)26-13-16-11-9-8-10-12-16/h8-12,14,17,19H,13H2,1-7H3/t14-,17-,19+/m0/s1. The van der Waals surface area contributed by atoms with Crippen molar-refractivity contribution in [1.82, 2.24) is 4.90 Å². The van der Waals surface area contributed by atoms with Gasteiger partial charge in [-0.1, -0.05) is 51.1 Å². The summed E-state index contributed by atoms with van der Waals surface area (Å²) in [7, 11) is -2.15. The molecule has 0 unspecified atom stereocenters. The van der Waals surface area contributed by atoms with E-state index in [0.717, 1.165) is 10.5 Å². The summed E-state index contributed by atoms with van der Waals surface area (Å²) < 4.78 is 16.8. The van der Waals surface area contributed by atoms with Crippen molar-refractivity contribution in [2.45, 2.75) is 71.7 Å². The molecule has 8 heteroatoms. The molecule has 0 aromatic heterocycles. The molecular formula is C21H31NO6Si. The highest BCUT2D eigenvalue weighted by Crippen LogP contribution is 2.40. The number of carbonyl (C=O) groups excluding carboxylic acids is 3. The predicted octanol–water partition coefficient (Wildman–Crippen LogP) is 4.08. The van der Waals surface area contributed by atoms with Crippen LogP contribution in [0.1, 0.15) is 40.2 Å². The number of rotatable bonds is 6. The zero-order valence-corrected chi connectivity index (χ0v) is 19.2. The van der Waals surface area contributed by atoms with Crippen molar-refractivity contribution in [3.05, 3.63) is 35.9 Å². The number of esters is 1. The van der Waals surface area contributed by atoms with Crippen LogP contribution in [-0.2, 0) is 30.1 Å². The first-order chi connectivity index (χ1) is 13.3. The average molecular weight is 422 g/mol. The van der Waals surface area contributed by atoms with E-state index >= 15 is 0 Å². The summed E-state index contributed by atoms with van der Waals surface area (Å²) in [6.45, 7) is 13.5. The van der Waals surface area contributed by atoms with Crippen molar-refractivity contribution in [1.29, 1.82) is 0 Å². The predicted molar refractivity (Wildman–Crippen MR) is 110 cm³/mol. The first kappa shape index (κ1) is 23.1. The van der Waals surface area contributed by atoms with Crippen LogP contribution in [0.3, 0.4) is 0 Å². The molecule has 0 radical (unpaired) electrons. The van der Waals surface area contributed by atoms with Crippen molar-refractivity contribution >= 4 is 26.3 Å². The third-order valence-corrected chi connectivity index (χ3v) is 10.1. The number of likely N-dealkylation sites (tertiary alicyclic amines) is 1. The Morgan fingerprint density at radius 2 is 1.76 bits per heavy atom. The third kappa shape index (κ3) is 5.25. The molecule has 29 heavy (non-hydrogen) atoms. The van der Waals surface area contributed by atoms with E-state index < -0.39 is 44.5 Å². The number of hydrogen-bond acceptors (Lipinski definition) is 6. The van der Waals surface area contributed by atoms with E-state index in [9.17, 15) is 14.4 Å². The summed E-state index contributed by atoms with van der Waals surface area (Å²) in [6.07, 6.45) is -2.35. The quantitative estimate of drug-likeness (QED) is 0.391. The van der Waals surface area contributed by atoms with Gasteiger partial charge in [-0.3, -0.25) is 9.59 Å². The lowest BCUT2D eigenvalue weighted by molar-refractivity contribution is -0.199. The zero-order chi connectivity index (χ0) is 22.0. The highest BCUT2D eigenvalue weighted by atomic mass is 28.4. The van der Waals surface area contributed by atoms with E-state index in [0.29, 0.717) is 0 Å². The molecule has 1 fully saturated rings. The first-order valence-electron chi connectivity index (χ1n) is 9.74. The van der Waals surface area contributed by atoms with Gasteiger partial charge in [-0.15, -0.1) is 0 Å². The number of nitrogens with zero attached hydrogens (tertiary/aromatic N) is 1. The van der Waals surface area contributed by atoms with Gasteiger partial charge in [0.1, 0.15) is 12.5 Å². The SMILES string of the molecule is CC(=O)O[C@@H]1[C@@H]([C@H](C)O[Si](C)(C)C(C)(C)C)C(=O)N1C(=O)OCc1ccccc1. The number of ether oxygens (including phenoxy) is 2. The van der Waals surface area contributed by atoms with Crippen LogP contribution in [0.2, 0.25) is 18.1 Å². The van der Waals surface area contributed by atoms with Crippen molar-refractivity contribution < 1.29 is 28.3 Å². The Balaban J connectivity index is 2.10. The summed E-state index contributed by atoms with van der Waals surface area (Å²) >= 11 is 0. The Morgan fingerprint density at radius 3 is 2.28 bits per heavy atom. The maximum Gasteiger partial charge on any atom is 0.419 e. The fourth-order valence-corrected chi connectivity index (χ4v) is 4.34. The fraction of sp³-hybridized carbons (Fsp3) is 0.571. The number of imide groups is 1. The molecule has 0 bridgehead atoms. The van der Waals surface area contributed by atoms with Gasteiger partial charge < -0.3 is 13.9 Å². The van der Waals surface area contributed by atoms with Gasteiger partial charge in [0.25, 0.3) is 0 Å². The van der Waals surface area contributed by atoms with E-state index in [4.69, 9.17) is 13.9 Å². The van der Waals surface area contributed by atoms with Crippen LogP contribution in [0.5, 0.6) is 0 Å². The molecule has 1 aliphatic heterocycles. The van der Waals surface area contributed by atoms with Gasteiger partial charge in [-0.2, -0.15) is 0 Å². The molecule has 2 rings (SSSR count). The average Bonchev–Trinajstić information content (AvgIpc) is 2.58. The Morgan fingerprint density at radius 1 is 1.17 bits per heavy atom. The minimum atomic E-state index is -2.15. The number of benzene rings is 1. The van der Waals surface area contributed by atoms with Crippen molar-refractivity contribution in [3.63, 3.8) is 0 Å². The van der Waals surface area contributed by atoms with Crippen molar-refractivity contribution in [2.75, 3.05) is 0 Å². The second kappa shape index (κ2) is 8.67. The van der Waals surface area contributed by atoms with Crippen LogP contribution in [0.25, 0.3) is 0 Å². The molecule has 3 atom stereocenters. The second-order valence-electron chi connectivity index (χ2n) is 8.86. The van der Waals surface area contributed by atoms with Crippen molar-refractivity contribution in [3.8, 4) is 0 Å². The first-order valence-corrected chi connectivity index (χ1v) is 12.6. The normalized spacial score (nSPS) is 20.7. The minimum Gasteiger partial charge on any atom is -0.444 e. The molecule has 7 nitrogen and oxygen atoms in total. The lowest BCUT2D eigenvalue weighted by Gasteiger charge is -2.48. The van der Waals surface area contributed by atoms with E-state index in [-0.39, 0.29) is 11.6 Å². The molecule has 1 heterocycles. The fourth-order valence-electron chi connectivity index (χ4n) is 2.91. The molecule has 0 aliphatic carbocycles. The van der Waals surface area contributed by atoms with Crippen LogP contribution in [-0.4, -0.2) is 43.5 Å². The summed E-state index contributed by atoms with van der Waals surface area (Å²) in [5.74, 6) is -1.77. The third-order valence-electron chi connectivity index (χ3n) is 5.57. The van der Waals surface area contributed by atoms with E-state index in [2.05, 4.69) is 33.9 Å². The van der Waals surface area contributed by atoms with Gasteiger partial charge in [-0.25, -0.2) is 9.69 Å². The largest absolute Gasteiger partial charge is 0.444 e. The number of β-lactam (4-membered cyclic amide) rings is 1. The lowest BCUT2D eigenvalue weighted by atomic mass is 9.91. The maximum absolute atomic E-state index is 12.8.